The molecule has 0 aliphatic heterocycles. The van der Waals surface area contributed by atoms with Crippen molar-refractivity contribution in [1.82, 2.24) is 0 Å². The summed E-state index contributed by atoms with van der Waals surface area (Å²) < 4.78 is 40.8. The van der Waals surface area contributed by atoms with E-state index < -0.39 is 15.8 Å². The molecule has 2 rings (SSSR count). The van der Waals surface area contributed by atoms with Gasteiger partial charge in [0.05, 0.1) is 17.2 Å². The lowest BCUT2D eigenvalue weighted by atomic mass is 10.1. The lowest BCUT2D eigenvalue weighted by Crippen LogP contribution is -2.15. The van der Waals surface area contributed by atoms with E-state index in [1.54, 1.807) is 19.1 Å². The first kappa shape index (κ1) is 16.2. The predicted octanol–water partition coefficient (Wildman–Crippen LogP) is 3.03. The summed E-state index contributed by atoms with van der Waals surface area (Å²) in [5.41, 5.74) is 1.35. The first-order chi connectivity index (χ1) is 9.85. The molecule has 2 aromatic carbocycles. The molecule has 0 aliphatic carbocycles. The van der Waals surface area contributed by atoms with Gasteiger partial charge in [-0.2, -0.15) is 0 Å². The minimum atomic E-state index is -3.80. The van der Waals surface area contributed by atoms with Crippen LogP contribution in [0.25, 0.3) is 0 Å². The van der Waals surface area contributed by atoms with Gasteiger partial charge in [0.15, 0.2) is 0 Å². The van der Waals surface area contributed by atoms with E-state index in [9.17, 15) is 17.9 Å². The van der Waals surface area contributed by atoms with Gasteiger partial charge < -0.3 is 5.11 Å². The van der Waals surface area contributed by atoms with Crippen LogP contribution in [-0.4, -0.2) is 13.5 Å². The summed E-state index contributed by atoms with van der Waals surface area (Å²) in [6.45, 7) is 1.40. The first-order valence-corrected chi connectivity index (χ1v) is 8.58. The number of hydrogen-bond donors (Lipinski definition) is 2. The summed E-state index contributed by atoms with van der Waals surface area (Å²) in [5, 5.41) is 9.21. The zero-order chi connectivity index (χ0) is 15.6. The monoisotopic (exact) mass is 421 g/mol. The average Bonchev–Trinajstić information content (AvgIpc) is 2.42. The number of anilines is 1. The molecule has 0 unspecified atom stereocenters. The van der Waals surface area contributed by atoms with Gasteiger partial charge in [-0.15, -0.1) is 0 Å². The summed E-state index contributed by atoms with van der Waals surface area (Å²) >= 11 is 1.86. The van der Waals surface area contributed by atoms with Crippen LogP contribution in [0.2, 0.25) is 0 Å². The second-order valence-corrected chi connectivity index (χ2v) is 7.24. The van der Waals surface area contributed by atoms with Gasteiger partial charge in [-0.3, -0.25) is 4.72 Å². The third-order valence-electron chi connectivity index (χ3n) is 3.03. The lowest BCUT2D eigenvalue weighted by Gasteiger charge is -2.13. The van der Waals surface area contributed by atoms with Crippen molar-refractivity contribution in [2.45, 2.75) is 18.4 Å². The number of aliphatic hydroxyl groups excluding tert-OH is 1. The van der Waals surface area contributed by atoms with Crippen LogP contribution in [0.3, 0.4) is 0 Å². The maximum absolute atomic E-state index is 13.1. The Labute approximate surface area is 136 Å². The van der Waals surface area contributed by atoms with Crippen molar-refractivity contribution >= 4 is 38.3 Å². The molecule has 2 aromatic rings. The summed E-state index contributed by atoms with van der Waals surface area (Å²) in [4.78, 5) is 0.0918. The van der Waals surface area contributed by atoms with Crippen LogP contribution in [0.4, 0.5) is 10.1 Å². The van der Waals surface area contributed by atoms with E-state index in [-0.39, 0.29) is 11.5 Å². The van der Waals surface area contributed by atoms with Gasteiger partial charge in [-0.05, 0) is 64.9 Å². The van der Waals surface area contributed by atoms with E-state index in [4.69, 9.17) is 0 Å². The van der Waals surface area contributed by atoms with E-state index in [0.29, 0.717) is 20.4 Å². The van der Waals surface area contributed by atoms with E-state index >= 15 is 0 Å². The van der Waals surface area contributed by atoms with Crippen LogP contribution in [0, 0.1) is 16.3 Å². The van der Waals surface area contributed by atoms with Crippen LogP contribution < -0.4 is 4.72 Å². The van der Waals surface area contributed by atoms with Gasteiger partial charge >= 0.3 is 0 Å². The summed E-state index contributed by atoms with van der Waals surface area (Å²) in [6, 6.07) is 8.51. The number of hydrogen-bond acceptors (Lipinski definition) is 3. The number of benzene rings is 2. The van der Waals surface area contributed by atoms with Gasteiger partial charge in [0.2, 0.25) is 0 Å². The molecule has 21 heavy (non-hydrogen) atoms. The van der Waals surface area contributed by atoms with Crippen molar-refractivity contribution < 1.29 is 17.9 Å². The smallest absolute Gasteiger partial charge is 0.262 e. The minimum absolute atomic E-state index is 0.0918. The molecule has 0 spiro atoms. The zero-order valence-corrected chi connectivity index (χ0v) is 14.1. The topological polar surface area (TPSA) is 66.4 Å². The van der Waals surface area contributed by atoms with Gasteiger partial charge in [0, 0.05) is 3.57 Å². The van der Waals surface area contributed by atoms with Gasteiger partial charge in [0.25, 0.3) is 10.0 Å². The highest BCUT2D eigenvalue weighted by Crippen LogP contribution is 2.25. The van der Waals surface area contributed by atoms with Crippen molar-refractivity contribution in [3.8, 4) is 0 Å². The molecule has 112 valence electrons. The lowest BCUT2D eigenvalue weighted by molar-refractivity contribution is 0.280. The maximum Gasteiger partial charge on any atom is 0.262 e. The van der Waals surface area contributed by atoms with E-state index in [2.05, 4.69) is 4.72 Å². The molecule has 0 fully saturated rings. The van der Waals surface area contributed by atoms with Gasteiger partial charge in [0.1, 0.15) is 5.82 Å². The fourth-order valence-electron chi connectivity index (χ4n) is 1.89. The molecular weight excluding hydrogens is 408 g/mol. The van der Waals surface area contributed by atoms with Crippen LogP contribution >= 0.6 is 22.6 Å². The standard InChI is InChI=1S/C14H13FINO3S/c1-9-10(8-18)3-2-4-14(9)21(19,20)17-13-6-5-11(15)7-12(13)16/h2-7,17-18H,8H2,1H3. The number of aliphatic hydroxyl groups is 1. The SMILES string of the molecule is Cc1c(CO)cccc1S(=O)(=O)Nc1ccc(F)cc1I. The summed E-state index contributed by atoms with van der Waals surface area (Å²) in [5.74, 6) is -0.430. The van der Waals surface area contributed by atoms with Crippen LogP contribution in [0.5, 0.6) is 0 Å². The highest BCUT2D eigenvalue weighted by Gasteiger charge is 2.19. The van der Waals surface area contributed by atoms with E-state index in [1.807, 2.05) is 22.6 Å². The molecular formula is C14H13FINO3S. The zero-order valence-electron chi connectivity index (χ0n) is 11.1. The molecule has 0 saturated carbocycles. The third-order valence-corrected chi connectivity index (χ3v) is 5.43. The third kappa shape index (κ3) is 3.53. The molecule has 0 aromatic heterocycles. The fourth-order valence-corrected chi connectivity index (χ4v) is 4.06. The molecule has 0 aliphatic rings. The second-order valence-electron chi connectivity index (χ2n) is 4.43. The number of nitrogens with one attached hydrogen (secondary N) is 1. The predicted molar refractivity (Wildman–Crippen MR) is 87.0 cm³/mol. The second kappa shape index (κ2) is 6.29. The van der Waals surface area contributed by atoms with E-state index in [1.165, 1.54) is 24.3 Å². The Morgan fingerprint density at radius 1 is 1.29 bits per heavy atom. The molecule has 0 atom stereocenters. The molecule has 0 heterocycles. The maximum atomic E-state index is 13.1. The minimum Gasteiger partial charge on any atom is -0.392 e. The average molecular weight is 421 g/mol. The quantitative estimate of drug-likeness (QED) is 0.747. The van der Waals surface area contributed by atoms with Crippen LogP contribution in [0.15, 0.2) is 41.3 Å². The van der Waals surface area contributed by atoms with E-state index in [0.717, 1.165) is 0 Å². The number of halogens is 2. The van der Waals surface area contributed by atoms with Crippen LogP contribution in [0.1, 0.15) is 11.1 Å². The molecule has 4 nitrogen and oxygen atoms in total. The number of sulfonamides is 1. The fraction of sp³-hybridized carbons (Fsp3) is 0.143. The Kier molecular flexibility index (Phi) is 4.84. The molecule has 2 N–H and O–H groups in total. The normalized spacial score (nSPS) is 11.4. The molecule has 0 amide bonds. The largest absolute Gasteiger partial charge is 0.392 e. The van der Waals surface area contributed by atoms with Crippen molar-refractivity contribution in [3.05, 3.63) is 56.9 Å². The van der Waals surface area contributed by atoms with Gasteiger partial charge in [-0.1, -0.05) is 12.1 Å². The molecule has 0 radical (unpaired) electrons. The Bertz CT molecular complexity index is 778. The Morgan fingerprint density at radius 3 is 2.62 bits per heavy atom. The van der Waals surface area contributed by atoms with Crippen molar-refractivity contribution in [3.63, 3.8) is 0 Å². The van der Waals surface area contributed by atoms with Crippen molar-refractivity contribution in [2.75, 3.05) is 4.72 Å². The summed E-state index contributed by atoms with van der Waals surface area (Å²) in [6.07, 6.45) is 0. The van der Waals surface area contributed by atoms with Gasteiger partial charge in [-0.25, -0.2) is 12.8 Å². The highest BCUT2D eigenvalue weighted by atomic mass is 127. The Morgan fingerprint density at radius 2 is 2.00 bits per heavy atom. The summed E-state index contributed by atoms with van der Waals surface area (Å²) in [7, 11) is -3.80. The van der Waals surface area contributed by atoms with Crippen LogP contribution in [-0.2, 0) is 16.6 Å². The Hall–Kier alpha value is -1.19. The first-order valence-electron chi connectivity index (χ1n) is 6.02. The number of rotatable bonds is 4. The van der Waals surface area contributed by atoms with Crippen molar-refractivity contribution in [1.29, 1.82) is 0 Å². The molecule has 0 saturated heterocycles. The molecule has 7 heteroatoms. The highest BCUT2D eigenvalue weighted by molar-refractivity contribution is 14.1. The molecule has 0 bridgehead atoms. The van der Waals surface area contributed by atoms with Crippen molar-refractivity contribution in [2.24, 2.45) is 0 Å². The Balaban J connectivity index is 2.43.